The van der Waals surface area contributed by atoms with E-state index in [0.717, 1.165) is 0 Å². The lowest BCUT2D eigenvalue weighted by Crippen LogP contribution is -2.16. The van der Waals surface area contributed by atoms with Gasteiger partial charge in [-0.3, -0.25) is 19.9 Å². The number of hydrogen-bond acceptors (Lipinski definition) is 4. The SMILES string of the molecule is CC(=O)Nc1nc2cc(Br)cnc2c(=O)[nH]1. The monoisotopic (exact) mass is 282 g/mol. The third kappa shape index (κ3) is 2.08. The largest absolute Gasteiger partial charge is 0.296 e. The summed E-state index contributed by atoms with van der Waals surface area (Å²) in [7, 11) is 0. The summed E-state index contributed by atoms with van der Waals surface area (Å²) >= 11 is 3.23. The molecular weight excluding hydrogens is 276 g/mol. The molecule has 0 bridgehead atoms. The number of anilines is 1. The Morgan fingerprint density at radius 1 is 1.56 bits per heavy atom. The molecule has 0 aliphatic carbocycles. The van der Waals surface area contributed by atoms with E-state index < -0.39 is 0 Å². The zero-order chi connectivity index (χ0) is 11.7. The molecule has 2 rings (SSSR count). The summed E-state index contributed by atoms with van der Waals surface area (Å²) in [5.74, 6) is -0.185. The molecule has 2 N–H and O–H groups in total. The maximum absolute atomic E-state index is 11.6. The van der Waals surface area contributed by atoms with Gasteiger partial charge in [-0.1, -0.05) is 0 Å². The lowest BCUT2D eigenvalue weighted by molar-refractivity contribution is -0.114. The number of aromatic amines is 1. The van der Waals surface area contributed by atoms with Gasteiger partial charge >= 0.3 is 0 Å². The van der Waals surface area contributed by atoms with Crippen molar-refractivity contribution in [1.29, 1.82) is 0 Å². The molecule has 0 aliphatic heterocycles. The predicted molar refractivity (Wildman–Crippen MR) is 62.2 cm³/mol. The maximum atomic E-state index is 11.6. The third-order valence-corrected chi connectivity index (χ3v) is 2.24. The Kier molecular flexibility index (Phi) is 2.69. The smallest absolute Gasteiger partial charge is 0.278 e. The van der Waals surface area contributed by atoms with Gasteiger partial charge in [-0.15, -0.1) is 0 Å². The summed E-state index contributed by atoms with van der Waals surface area (Å²) in [6.07, 6.45) is 1.51. The van der Waals surface area contributed by atoms with Gasteiger partial charge in [-0.2, -0.15) is 0 Å². The molecule has 0 saturated carbocycles. The van der Waals surface area contributed by atoms with E-state index in [-0.39, 0.29) is 22.9 Å². The molecule has 0 aliphatic rings. The molecule has 1 amide bonds. The fourth-order valence-corrected chi connectivity index (χ4v) is 1.55. The van der Waals surface area contributed by atoms with Gasteiger partial charge in [0.1, 0.15) is 0 Å². The van der Waals surface area contributed by atoms with Gasteiger partial charge in [0, 0.05) is 17.6 Å². The van der Waals surface area contributed by atoms with E-state index in [2.05, 4.69) is 36.2 Å². The van der Waals surface area contributed by atoms with Crippen molar-refractivity contribution < 1.29 is 4.79 Å². The molecule has 0 fully saturated rings. The van der Waals surface area contributed by atoms with E-state index in [1.165, 1.54) is 13.1 Å². The quantitative estimate of drug-likeness (QED) is 0.818. The Bertz CT molecular complexity index is 622. The fourth-order valence-electron chi connectivity index (χ4n) is 1.23. The average Bonchev–Trinajstić information content (AvgIpc) is 2.15. The van der Waals surface area contributed by atoms with Crippen LogP contribution in [0.1, 0.15) is 6.92 Å². The second-order valence-corrected chi connectivity index (χ2v) is 4.03. The van der Waals surface area contributed by atoms with Gasteiger partial charge in [0.2, 0.25) is 11.9 Å². The van der Waals surface area contributed by atoms with Crippen LogP contribution in [0.2, 0.25) is 0 Å². The van der Waals surface area contributed by atoms with Crippen molar-refractivity contribution in [2.24, 2.45) is 0 Å². The van der Waals surface area contributed by atoms with Crippen molar-refractivity contribution in [2.75, 3.05) is 5.32 Å². The normalized spacial score (nSPS) is 10.4. The molecule has 0 aromatic carbocycles. The van der Waals surface area contributed by atoms with Crippen LogP contribution >= 0.6 is 15.9 Å². The lowest BCUT2D eigenvalue weighted by Gasteiger charge is -2.02. The first-order valence-corrected chi connectivity index (χ1v) is 5.19. The predicted octanol–water partition coefficient (Wildman–Crippen LogP) is 1.04. The minimum atomic E-state index is -0.388. The topological polar surface area (TPSA) is 87.7 Å². The molecule has 0 spiro atoms. The molecule has 2 heterocycles. The minimum Gasteiger partial charge on any atom is -0.296 e. The number of hydrogen-bond donors (Lipinski definition) is 2. The van der Waals surface area contributed by atoms with Gasteiger partial charge < -0.3 is 0 Å². The molecule has 2 aromatic heterocycles. The van der Waals surface area contributed by atoms with E-state index in [4.69, 9.17) is 0 Å². The molecule has 6 nitrogen and oxygen atoms in total. The first kappa shape index (κ1) is 10.7. The second kappa shape index (κ2) is 4.01. The Labute approximate surface area is 98.2 Å². The van der Waals surface area contributed by atoms with Crippen LogP contribution in [0, 0.1) is 0 Å². The van der Waals surface area contributed by atoms with E-state index in [1.807, 2.05) is 0 Å². The number of carbonyl (C=O) groups excluding carboxylic acids is 1. The van der Waals surface area contributed by atoms with Crippen molar-refractivity contribution in [3.63, 3.8) is 0 Å². The second-order valence-electron chi connectivity index (χ2n) is 3.12. The van der Waals surface area contributed by atoms with Crippen molar-refractivity contribution in [3.05, 3.63) is 27.1 Å². The molecule has 0 atom stereocenters. The molecule has 82 valence electrons. The van der Waals surface area contributed by atoms with Crippen LogP contribution in [0.15, 0.2) is 21.5 Å². The lowest BCUT2D eigenvalue weighted by atomic mass is 10.4. The van der Waals surface area contributed by atoms with Crippen LogP contribution in [-0.2, 0) is 4.79 Å². The summed E-state index contributed by atoms with van der Waals surface area (Å²) < 4.78 is 0.715. The Hall–Kier alpha value is -1.76. The van der Waals surface area contributed by atoms with Crippen molar-refractivity contribution in [3.8, 4) is 0 Å². The first-order valence-electron chi connectivity index (χ1n) is 4.39. The first-order chi connectivity index (χ1) is 7.56. The van der Waals surface area contributed by atoms with Gasteiger partial charge in [-0.25, -0.2) is 9.97 Å². The fraction of sp³-hybridized carbons (Fsp3) is 0.111. The molecule has 16 heavy (non-hydrogen) atoms. The number of amides is 1. The Balaban J connectivity index is 2.65. The van der Waals surface area contributed by atoms with Crippen LogP contribution in [0.5, 0.6) is 0 Å². The molecule has 0 radical (unpaired) electrons. The van der Waals surface area contributed by atoms with Crippen molar-refractivity contribution >= 4 is 38.8 Å². The third-order valence-electron chi connectivity index (χ3n) is 1.81. The van der Waals surface area contributed by atoms with Crippen LogP contribution in [0.25, 0.3) is 11.0 Å². The Morgan fingerprint density at radius 3 is 3.00 bits per heavy atom. The van der Waals surface area contributed by atoms with Crippen LogP contribution in [-0.4, -0.2) is 20.9 Å². The highest BCUT2D eigenvalue weighted by molar-refractivity contribution is 9.10. The van der Waals surface area contributed by atoms with Gasteiger partial charge in [-0.05, 0) is 22.0 Å². The average molecular weight is 283 g/mol. The highest BCUT2D eigenvalue weighted by Gasteiger charge is 2.06. The van der Waals surface area contributed by atoms with E-state index in [9.17, 15) is 9.59 Å². The van der Waals surface area contributed by atoms with E-state index in [0.29, 0.717) is 9.99 Å². The highest BCUT2D eigenvalue weighted by atomic mass is 79.9. The molecular formula is C9H7BrN4O2. The highest BCUT2D eigenvalue weighted by Crippen LogP contribution is 2.13. The number of pyridine rings is 1. The van der Waals surface area contributed by atoms with E-state index >= 15 is 0 Å². The molecule has 7 heteroatoms. The van der Waals surface area contributed by atoms with Crippen molar-refractivity contribution in [2.45, 2.75) is 6.92 Å². The number of nitrogens with zero attached hydrogens (tertiary/aromatic N) is 2. The number of aromatic nitrogens is 3. The standard InChI is InChI=1S/C9H7BrN4O2/c1-4(15)12-9-13-6-2-5(10)3-11-7(6)8(16)14-9/h2-3H,1H3,(H2,12,13,14,15,16). The summed E-state index contributed by atoms with van der Waals surface area (Å²) in [5, 5.41) is 2.41. The number of nitrogens with one attached hydrogen (secondary N) is 2. The van der Waals surface area contributed by atoms with Gasteiger partial charge in [0.05, 0.1) is 5.52 Å². The number of halogens is 1. The number of fused-ring (bicyclic) bond motifs is 1. The Morgan fingerprint density at radius 2 is 2.31 bits per heavy atom. The molecule has 0 saturated heterocycles. The molecule has 2 aromatic rings. The van der Waals surface area contributed by atoms with Crippen LogP contribution in [0.3, 0.4) is 0 Å². The van der Waals surface area contributed by atoms with Crippen LogP contribution in [0.4, 0.5) is 5.95 Å². The number of rotatable bonds is 1. The minimum absolute atomic E-state index is 0.116. The van der Waals surface area contributed by atoms with Crippen molar-refractivity contribution in [1.82, 2.24) is 15.0 Å². The van der Waals surface area contributed by atoms with Crippen LogP contribution < -0.4 is 10.9 Å². The maximum Gasteiger partial charge on any atom is 0.278 e. The number of carbonyl (C=O) groups is 1. The zero-order valence-electron chi connectivity index (χ0n) is 8.24. The zero-order valence-corrected chi connectivity index (χ0v) is 9.83. The van der Waals surface area contributed by atoms with Gasteiger partial charge in [0.25, 0.3) is 5.56 Å². The van der Waals surface area contributed by atoms with E-state index in [1.54, 1.807) is 6.07 Å². The number of H-pyrrole nitrogens is 1. The molecule has 0 unspecified atom stereocenters. The summed E-state index contributed by atoms with van der Waals surface area (Å²) in [4.78, 5) is 32.8. The summed E-state index contributed by atoms with van der Waals surface area (Å²) in [6, 6.07) is 1.66. The summed E-state index contributed by atoms with van der Waals surface area (Å²) in [5.41, 5.74) is 0.264. The summed E-state index contributed by atoms with van der Waals surface area (Å²) in [6.45, 7) is 1.34. The van der Waals surface area contributed by atoms with Gasteiger partial charge in [0.15, 0.2) is 5.52 Å².